The summed E-state index contributed by atoms with van der Waals surface area (Å²) in [4.78, 5) is 17.0. The van der Waals surface area contributed by atoms with Crippen LogP contribution in [0.25, 0.3) is 0 Å². The molecule has 0 bridgehead atoms. The van der Waals surface area contributed by atoms with Crippen molar-refractivity contribution in [2.75, 3.05) is 20.2 Å². The smallest absolute Gasteiger partial charge is 0.270 e. The summed E-state index contributed by atoms with van der Waals surface area (Å²) in [6.45, 7) is 1.19. The van der Waals surface area contributed by atoms with E-state index in [9.17, 15) is 4.79 Å². The average molecular weight is 274 g/mol. The van der Waals surface area contributed by atoms with E-state index in [1.54, 1.807) is 19.4 Å². The number of nitrogens with one attached hydrogen (secondary N) is 1. The Morgan fingerprint density at radius 3 is 3.00 bits per heavy atom. The number of hydrogen-bond donors (Lipinski definition) is 2. The minimum Gasteiger partial charge on any atom is -0.381 e. The molecule has 3 N–H and O–H groups in total. The highest BCUT2D eigenvalue weighted by Crippen LogP contribution is 2.20. The van der Waals surface area contributed by atoms with Gasteiger partial charge in [-0.25, -0.2) is 0 Å². The molecule has 0 aromatic carbocycles. The van der Waals surface area contributed by atoms with E-state index in [1.165, 1.54) is 0 Å². The number of rotatable bonds is 3. The number of carbonyl (C=O) groups is 1. The van der Waals surface area contributed by atoms with Crippen molar-refractivity contribution in [2.24, 2.45) is 5.73 Å². The van der Waals surface area contributed by atoms with E-state index in [2.05, 4.69) is 4.98 Å². The number of nitrogens with zero attached hydrogens (tertiary/aromatic N) is 1. The lowest BCUT2D eigenvalue weighted by atomic mass is 9.99. The monoisotopic (exact) mass is 273 g/mol. The van der Waals surface area contributed by atoms with Crippen molar-refractivity contribution in [3.8, 4) is 0 Å². The molecule has 1 aromatic rings. The maximum Gasteiger partial charge on any atom is 0.270 e. The van der Waals surface area contributed by atoms with Gasteiger partial charge in [0, 0.05) is 32.4 Å². The highest BCUT2D eigenvalue weighted by molar-refractivity contribution is 5.92. The molecule has 1 amide bonds. The summed E-state index contributed by atoms with van der Waals surface area (Å²) >= 11 is 0. The number of halogens is 1. The number of hydrogen-bond acceptors (Lipinski definition) is 3. The van der Waals surface area contributed by atoms with Crippen LogP contribution in [0.3, 0.4) is 0 Å². The maximum absolute atomic E-state index is 12.2. The van der Waals surface area contributed by atoms with Crippen LogP contribution in [0, 0.1) is 0 Å². The highest BCUT2D eigenvalue weighted by Gasteiger charge is 2.31. The molecule has 6 heteroatoms. The van der Waals surface area contributed by atoms with Gasteiger partial charge < -0.3 is 20.4 Å². The summed E-state index contributed by atoms with van der Waals surface area (Å²) < 4.78 is 5.34. The molecule has 0 radical (unpaired) electrons. The topological polar surface area (TPSA) is 71.3 Å². The minimum atomic E-state index is 0. The second-order valence-electron chi connectivity index (χ2n) is 4.35. The van der Waals surface area contributed by atoms with Gasteiger partial charge in [0.05, 0.1) is 6.10 Å². The van der Waals surface area contributed by atoms with E-state index in [4.69, 9.17) is 10.5 Å². The van der Waals surface area contributed by atoms with Gasteiger partial charge in [0.2, 0.25) is 0 Å². The maximum atomic E-state index is 12.2. The summed E-state index contributed by atoms with van der Waals surface area (Å²) in [5, 5.41) is 0. The van der Waals surface area contributed by atoms with Gasteiger partial charge in [-0.2, -0.15) is 0 Å². The zero-order valence-electron chi connectivity index (χ0n) is 10.5. The molecule has 1 aromatic heterocycles. The number of amides is 1. The number of H-pyrrole nitrogens is 1. The van der Waals surface area contributed by atoms with Gasteiger partial charge >= 0.3 is 0 Å². The van der Waals surface area contributed by atoms with Crippen LogP contribution < -0.4 is 5.73 Å². The number of methoxy groups -OCH3 is 1. The van der Waals surface area contributed by atoms with Gasteiger partial charge in [0.25, 0.3) is 5.91 Å². The molecule has 1 saturated heterocycles. The Morgan fingerprint density at radius 1 is 1.67 bits per heavy atom. The largest absolute Gasteiger partial charge is 0.381 e. The zero-order chi connectivity index (χ0) is 12.3. The van der Waals surface area contributed by atoms with Crippen molar-refractivity contribution < 1.29 is 9.53 Å². The minimum absolute atomic E-state index is 0. The van der Waals surface area contributed by atoms with Crippen LogP contribution in [0.2, 0.25) is 0 Å². The van der Waals surface area contributed by atoms with Crippen LogP contribution in [0.15, 0.2) is 18.3 Å². The molecule has 2 atom stereocenters. The molecule has 0 aliphatic carbocycles. The van der Waals surface area contributed by atoms with E-state index in [1.807, 2.05) is 11.0 Å². The summed E-state index contributed by atoms with van der Waals surface area (Å²) in [6, 6.07) is 3.69. The molecule has 0 saturated carbocycles. The van der Waals surface area contributed by atoms with E-state index >= 15 is 0 Å². The quantitative estimate of drug-likeness (QED) is 0.864. The zero-order valence-corrected chi connectivity index (χ0v) is 11.3. The number of likely N-dealkylation sites (tertiary alicyclic amines) is 1. The first-order valence-corrected chi connectivity index (χ1v) is 5.93. The van der Waals surface area contributed by atoms with Crippen LogP contribution in [0.4, 0.5) is 0 Å². The molecule has 5 nitrogen and oxygen atoms in total. The van der Waals surface area contributed by atoms with Crippen LogP contribution >= 0.6 is 12.4 Å². The number of aromatic amines is 1. The normalized spacial score (nSPS) is 23.6. The predicted molar refractivity (Wildman–Crippen MR) is 72.0 cm³/mol. The number of nitrogens with two attached hydrogens (primary N) is 1. The number of aromatic nitrogens is 1. The molecule has 2 heterocycles. The van der Waals surface area contributed by atoms with Gasteiger partial charge in [-0.15, -0.1) is 12.4 Å². The second kappa shape index (κ2) is 6.78. The first kappa shape index (κ1) is 15.0. The lowest BCUT2D eigenvalue weighted by Crippen LogP contribution is -2.51. The summed E-state index contributed by atoms with van der Waals surface area (Å²) in [7, 11) is 1.71. The molecule has 18 heavy (non-hydrogen) atoms. The summed E-state index contributed by atoms with van der Waals surface area (Å²) in [5.41, 5.74) is 6.37. The van der Waals surface area contributed by atoms with Crippen molar-refractivity contribution in [2.45, 2.75) is 25.0 Å². The van der Waals surface area contributed by atoms with Crippen molar-refractivity contribution in [1.29, 1.82) is 0 Å². The molecule has 102 valence electrons. The number of carbonyl (C=O) groups excluding carboxylic acids is 1. The fourth-order valence-corrected chi connectivity index (χ4v) is 2.34. The first-order chi connectivity index (χ1) is 8.26. The van der Waals surface area contributed by atoms with E-state index in [0.717, 1.165) is 12.8 Å². The summed E-state index contributed by atoms with van der Waals surface area (Å²) in [6.07, 6.45) is 3.67. The van der Waals surface area contributed by atoms with Crippen LogP contribution in [-0.4, -0.2) is 48.1 Å². The van der Waals surface area contributed by atoms with Gasteiger partial charge in [-0.3, -0.25) is 4.79 Å². The Balaban J connectivity index is 0.00000162. The third kappa shape index (κ3) is 3.04. The lowest BCUT2D eigenvalue weighted by Gasteiger charge is -2.38. The van der Waals surface area contributed by atoms with Crippen molar-refractivity contribution in [1.82, 2.24) is 9.88 Å². The van der Waals surface area contributed by atoms with Gasteiger partial charge in [0.1, 0.15) is 5.69 Å². The molecule has 1 aliphatic heterocycles. The van der Waals surface area contributed by atoms with Crippen molar-refractivity contribution >= 4 is 18.3 Å². The van der Waals surface area contributed by atoms with Crippen molar-refractivity contribution in [3.05, 3.63) is 24.0 Å². The SMILES string of the molecule is COC1CCN(C(=O)c2ccc[nH]2)C(CN)C1.Cl. The van der Waals surface area contributed by atoms with E-state index in [-0.39, 0.29) is 30.5 Å². The molecule has 2 unspecified atom stereocenters. The van der Waals surface area contributed by atoms with E-state index in [0.29, 0.717) is 18.8 Å². The molecule has 1 aliphatic rings. The Labute approximate surface area is 113 Å². The average Bonchev–Trinajstić information content (AvgIpc) is 2.91. The predicted octanol–water partition coefficient (Wildman–Crippen LogP) is 1.01. The second-order valence-corrected chi connectivity index (χ2v) is 4.35. The Morgan fingerprint density at radius 2 is 2.44 bits per heavy atom. The third-order valence-corrected chi connectivity index (χ3v) is 3.36. The number of ether oxygens (including phenoxy) is 1. The van der Waals surface area contributed by atoms with Gasteiger partial charge in [-0.1, -0.05) is 0 Å². The molecular weight excluding hydrogens is 254 g/mol. The molecule has 2 rings (SSSR count). The lowest BCUT2D eigenvalue weighted by molar-refractivity contribution is 0.0136. The number of piperidine rings is 1. The van der Waals surface area contributed by atoms with Crippen LogP contribution in [0.1, 0.15) is 23.3 Å². The third-order valence-electron chi connectivity index (χ3n) is 3.36. The summed E-state index contributed by atoms with van der Waals surface area (Å²) in [5.74, 6) is 0.0278. The molecule has 0 spiro atoms. The van der Waals surface area contributed by atoms with Crippen molar-refractivity contribution in [3.63, 3.8) is 0 Å². The first-order valence-electron chi connectivity index (χ1n) is 5.93. The van der Waals surface area contributed by atoms with Crippen LogP contribution in [-0.2, 0) is 4.74 Å². The highest BCUT2D eigenvalue weighted by atomic mass is 35.5. The van der Waals surface area contributed by atoms with Gasteiger partial charge in [0.15, 0.2) is 0 Å². The van der Waals surface area contributed by atoms with E-state index < -0.39 is 0 Å². The Kier molecular flexibility index (Phi) is 5.65. The van der Waals surface area contributed by atoms with Crippen LogP contribution in [0.5, 0.6) is 0 Å². The fraction of sp³-hybridized carbons (Fsp3) is 0.583. The Bertz CT molecular complexity index is 369. The Hall–Kier alpha value is -1.04. The molecule has 1 fully saturated rings. The fourth-order valence-electron chi connectivity index (χ4n) is 2.34. The van der Waals surface area contributed by atoms with Gasteiger partial charge in [-0.05, 0) is 25.0 Å². The molecular formula is C12H20ClN3O2. The standard InChI is InChI=1S/C12H19N3O2.ClH/c1-17-10-4-6-15(9(7-10)8-13)12(16)11-3-2-5-14-11;/h2-3,5,9-10,14H,4,6-8,13H2,1H3;1H.